The molecule has 0 spiro atoms. The Labute approximate surface area is 174 Å². The molecule has 1 fully saturated rings. The van der Waals surface area contributed by atoms with Crippen LogP contribution >= 0.6 is 11.3 Å². The van der Waals surface area contributed by atoms with Crippen molar-refractivity contribution < 1.29 is 4.79 Å². The molecule has 3 aromatic rings. The molecule has 4 heterocycles. The van der Waals surface area contributed by atoms with Crippen molar-refractivity contribution in [2.75, 3.05) is 36.0 Å². The summed E-state index contributed by atoms with van der Waals surface area (Å²) in [7, 11) is 0. The van der Waals surface area contributed by atoms with Crippen molar-refractivity contribution in [3.8, 4) is 0 Å². The molecule has 1 aliphatic heterocycles. The maximum atomic E-state index is 12.7. The number of pyridine rings is 1. The topological polar surface area (TPSA) is 74.2 Å². The van der Waals surface area contributed by atoms with E-state index in [9.17, 15) is 4.79 Å². The van der Waals surface area contributed by atoms with E-state index in [0.717, 1.165) is 64.9 Å². The van der Waals surface area contributed by atoms with Gasteiger partial charge in [-0.2, -0.15) is 0 Å². The summed E-state index contributed by atoms with van der Waals surface area (Å²) in [5.74, 6) is 1.91. The first-order valence-corrected chi connectivity index (χ1v) is 10.9. The van der Waals surface area contributed by atoms with E-state index in [-0.39, 0.29) is 11.9 Å². The lowest BCUT2D eigenvalue weighted by atomic mass is 10.1. The molecule has 29 heavy (non-hydrogen) atoms. The zero-order valence-electron chi connectivity index (χ0n) is 17.1. The van der Waals surface area contributed by atoms with E-state index >= 15 is 0 Å². The average Bonchev–Trinajstić information content (AvgIpc) is 3.11. The van der Waals surface area contributed by atoms with Gasteiger partial charge in [-0.05, 0) is 38.0 Å². The number of hydrogen-bond donors (Lipinski definition) is 1. The molecular formula is C21H26N6OS. The molecule has 1 saturated heterocycles. The minimum Gasteiger partial charge on any atom is -0.353 e. The van der Waals surface area contributed by atoms with Gasteiger partial charge in [0, 0.05) is 38.4 Å². The minimum absolute atomic E-state index is 0.0224. The number of carbonyl (C=O) groups excluding carboxylic acids is 1. The number of hydrogen-bond acceptors (Lipinski definition) is 7. The molecule has 152 valence electrons. The van der Waals surface area contributed by atoms with Crippen LogP contribution in [0.25, 0.3) is 10.2 Å². The number of aryl methyl sites for hydroxylation is 1. The van der Waals surface area contributed by atoms with Crippen LogP contribution in [0.1, 0.15) is 35.5 Å². The van der Waals surface area contributed by atoms with Crippen molar-refractivity contribution >= 4 is 39.1 Å². The van der Waals surface area contributed by atoms with Crippen LogP contribution in [0.15, 0.2) is 30.7 Å². The van der Waals surface area contributed by atoms with E-state index in [4.69, 9.17) is 0 Å². The molecule has 1 amide bonds. The Morgan fingerprint density at radius 1 is 1.17 bits per heavy atom. The van der Waals surface area contributed by atoms with Crippen molar-refractivity contribution in [3.63, 3.8) is 0 Å². The summed E-state index contributed by atoms with van der Waals surface area (Å²) in [6.45, 7) is 9.56. The van der Waals surface area contributed by atoms with E-state index in [1.807, 2.05) is 38.2 Å². The molecule has 0 aliphatic carbocycles. The van der Waals surface area contributed by atoms with Crippen molar-refractivity contribution in [2.45, 2.75) is 33.2 Å². The monoisotopic (exact) mass is 410 g/mol. The van der Waals surface area contributed by atoms with Gasteiger partial charge in [-0.1, -0.05) is 13.0 Å². The molecule has 4 rings (SSSR count). The van der Waals surface area contributed by atoms with Gasteiger partial charge in [-0.3, -0.25) is 4.79 Å². The molecule has 0 bridgehead atoms. The Morgan fingerprint density at radius 3 is 2.62 bits per heavy atom. The van der Waals surface area contributed by atoms with E-state index < -0.39 is 0 Å². The summed E-state index contributed by atoms with van der Waals surface area (Å²) in [5, 5.41) is 4.06. The summed E-state index contributed by atoms with van der Waals surface area (Å²) in [6.07, 6.45) is 4.34. The average molecular weight is 411 g/mol. The van der Waals surface area contributed by atoms with Gasteiger partial charge in [0.15, 0.2) is 0 Å². The number of carbonyl (C=O) groups is 1. The first-order valence-electron chi connectivity index (χ1n) is 10.0. The van der Waals surface area contributed by atoms with Crippen molar-refractivity contribution in [1.29, 1.82) is 0 Å². The second-order valence-electron chi connectivity index (χ2n) is 7.38. The number of rotatable bonds is 5. The van der Waals surface area contributed by atoms with Crippen LogP contribution in [0, 0.1) is 6.92 Å². The van der Waals surface area contributed by atoms with Crippen LogP contribution in [0.5, 0.6) is 0 Å². The minimum atomic E-state index is -0.0224. The maximum absolute atomic E-state index is 12.7. The summed E-state index contributed by atoms with van der Waals surface area (Å²) >= 11 is 1.45. The summed E-state index contributed by atoms with van der Waals surface area (Å²) in [4.78, 5) is 32.4. The third kappa shape index (κ3) is 3.89. The first kappa shape index (κ1) is 19.6. The van der Waals surface area contributed by atoms with Crippen LogP contribution in [0.2, 0.25) is 0 Å². The van der Waals surface area contributed by atoms with Crippen molar-refractivity contribution in [3.05, 3.63) is 41.2 Å². The standard InChI is InChI=1S/C21H26N6OS/c1-4-14(2)25-20(28)18-15(3)17-19(23-13-24-21(17)29-18)27-11-9-26(10-12-27)16-7-5-6-8-22-16/h5-8,13-14H,4,9-12H2,1-3H3,(H,25,28). The largest absolute Gasteiger partial charge is 0.353 e. The maximum Gasteiger partial charge on any atom is 0.261 e. The number of thiophene rings is 1. The highest BCUT2D eigenvalue weighted by atomic mass is 32.1. The van der Waals surface area contributed by atoms with E-state index in [1.165, 1.54) is 11.3 Å². The van der Waals surface area contributed by atoms with Gasteiger partial charge >= 0.3 is 0 Å². The van der Waals surface area contributed by atoms with Gasteiger partial charge in [-0.25, -0.2) is 15.0 Å². The highest BCUT2D eigenvalue weighted by molar-refractivity contribution is 7.20. The molecule has 0 radical (unpaired) electrons. The summed E-state index contributed by atoms with van der Waals surface area (Å²) in [5.41, 5.74) is 0.966. The molecule has 1 aliphatic rings. The van der Waals surface area contributed by atoms with Crippen LogP contribution in [0.4, 0.5) is 11.6 Å². The van der Waals surface area contributed by atoms with Gasteiger partial charge in [-0.15, -0.1) is 11.3 Å². The van der Waals surface area contributed by atoms with Crippen molar-refractivity contribution in [1.82, 2.24) is 20.3 Å². The summed E-state index contributed by atoms with van der Waals surface area (Å²) < 4.78 is 0. The fourth-order valence-corrected chi connectivity index (χ4v) is 4.64. The fourth-order valence-electron chi connectivity index (χ4n) is 3.59. The lowest BCUT2D eigenvalue weighted by Crippen LogP contribution is -2.47. The molecule has 1 unspecified atom stereocenters. The quantitative estimate of drug-likeness (QED) is 0.696. The molecule has 0 aromatic carbocycles. The van der Waals surface area contributed by atoms with Gasteiger partial charge < -0.3 is 15.1 Å². The molecule has 7 nitrogen and oxygen atoms in total. The molecule has 1 atom stereocenters. The Bertz CT molecular complexity index is 997. The predicted molar refractivity (Wildman–Crippen MR) is 118 cm³/mol. The van der Waals surface area contributed by atoms with E-state index in [1.54, 1.807) is 6.33 Å². The van der Waals surface area contributed by atoms with Gasteiger partial charge in [0.2, 0.25) is 0 Å². The second kappa shape index (κ2) is 8.32. The van der Waals surface area contributed by atoms with Crippen LogP contribution in [-0.4, -0.2) is 53.1 Å². The molecule has 0 saturated carbocycles. The van der Waals surface area contributed by atoms with E-state index in [0.29, 0.717) is 0 Å². The fraction of sp³-hybridized carbons (Fsp3) is 0.429. The number of aromatic nitrogens is 3. The van der Waals surface area contributed by atoms with E-state index in [2.05, 4.69) is 37.0 Å². The number of piperazine rings is 1. The number of fused-ring (bicyclic) bond motifs is 1. The Balaban J connectivity index is 1.58. The van der Waals surface area contributed by atoms with Gasteiger partial charge in [0.05, 0.1) is 10.3 Å². The Hall–Kier alpha value is -2.74. The first-order chi connectivity index (χ1) is 14.1. The molecular weight excluding hydrogens is 384 g/mol. The lowest BCUT2D eigenvalue weighted by Gasteiger charge is -2.36. The molecule has 1 N–H and O–H groups in total. The normalized spacial score (nSPS) is 15.6. The number of nitrogens with zero attached hydrogens (tertiary/aromatic N) is 5. The number of amides is 1. The van der Waals surface area contributed by atoms with Gasteiger partial charge in [0.1, 0.15) is 22.8 Å². The zero-order chi connectivity index (χ0) is 20.4. The van der Waals surface area contributed by atoms with Crippen LogP contribution in [0.3, 0.4) is 0 Å². The Kier molecular flexibility index (Phi) is 5.62. The smallest absolute Gasteiger partial charge is 0.261 e. The molecule has 8 heteroatoms. The van der Waals surface area contributed by atoms with Crippen LogP contribution < -0.4 is 15.1 Å². The SMILES string of the molecule is CCC(C)NC(=O)c1sc2ncnc(N3CCN(c4ccccn4)CC3)c2c1C. The second-order valence-corrected chi connectivity index (χ2v) is 8.38. The van der Waals surface area contributed by atoms with Gasteiger partial charge in [0.25, 0.3) is 5.91 Å². The molecule has 3 aromatic heterocycles. The van der Waals surface area contributed by atoms with Crippen LogP contribution in [-0.2, 0) is 0 Å². The zero-order valence-corrected chi connectivity index (χ0v) is 17.9. The highest BCUT2D eigenvalue weighted by Crippen LogP contribution is 2.35. The number of anilines is 2. The third-order valence-electron chi connectivity index (χ3n) is 5.46. The number of nitrogens with one attached hydrogen (secondary N) is 1. The summed E-state index contributed by atoms with van der Waals surface area (Å²) in [6, 6.07) is 6.15. The predicted octanol–water partition coefficient (Wildman–Crippen LogP) is 3.25. The lowest BCUT2D eigenvalue weighted by molar-refractivity contribution is 0.0943. The third-order valence-corrected chi connectivity index (χ3v) is 6.65. The van der Waals surface area contributed by atoms with Crippen molar-refractivity contribution in [2.24, 2.45) is 0 Å². The highest BCUT2D eigenvalue weighted by Gasteiger charge is 2.25. The Morgan fingerprint density at radius 2 is 1.93 bits per heavy atom.